The lowest BCUT2D eigenvalue weighted by molar-refractivity contribution is 0.303. The van der Waals surface area contributed by atoms with Crippen LogP contribution < -0.4 is 10.5 Å². The van der Waals surface area contributed by atoms with Crippen molar-refractivity contribution in [3.8, 4) is 5.75 Å². The van der Waals surface area contributed by atoms with Crippen LogP contribution in [0.25, 0.3) is 0 Å². The number of rotatable bonds is 4. The molecular weight excluding hydrogens is 314 g/mol. The first-order valence-corrected chi connectivity index (χ1v) is 6.72. The van der Waals surface area contributed by atoms with E-state index >= 15 is 0 Å². The van der Waals surface area contributed by atoms with Crippen LogP contribution >= 0.6 is 27.5 Å². The predicted molar refractivity (Wildman–Crippen MR) is 77.8 cm³/mol. The van der Waals surface area contributed by atoms with Gasteiger partial charge in [-0.2, -0.15) is 0 Å². The average molecular weight is 327 g/mol. The number of benzene rings is 2. The lowest BCUT2D eigenvalue weighted by Gasteiger charge is -2.11. The van der Waals surface area contributed by atoms with Crippen LogP contribution in [0.3, 0.4) is 0 Å². The fraction of sp³-hybridized carbons (Fsp3) is 0.143. The molecule has 18 heavy (non-hydrogen) atoms. The topological polar surface area (TPSA) is 35.2 Å². The maximum absolute atomic E-state index is 5.95. The van der Waals surface area contributed by atoms with Crippen molar-refractivity contribution in [1.82, 2.24) is 0 Å². The Hall–Kier alpha value is -1.03. The third-order valence-electron chi connectivity index (χ3n) is 2.56. The van der Waals surface area contributed by atoms with E-state index in [1.54, 1.807) is 6.07 Å². The summed E-state index contributed by atoms with van der Waals surface area (Å²) in [6.07, 6.45) is 0. The molecule has 2 N–H and O–H groups in total. The Kier molecular flexibility index (Phi) is 4.64. The Morgan fingerprint density at radius 1 is 1.11 bits per heavy atom. The molecule has 0 saturated heterocycles. The normalized spacial score (nSPS) is 10.4. The van der Waals surface area contributed by atoms with Crippen LogP contribution in [-0.4, -0.2) is 0 Å². The van der Waals surface area contributed by atoms with Crippen molar-refractivity contribution in [2.24, 2.45) is 5.73 Å². The van der Waals surface area contributed by atoms with Crippen LogP contribution in [-0.2, 0) is 13.2 Å². The van der Waals surface area contributed by atoms with Crippen molar-refractivity contribution >= 4 is 27.5 Å². The summed E-state index contributed by atoms with van der Waals surface area (Å²) in [5.74, 6) is 0.743. The molecule has 0 fully saturated rings. The number of hydrogen-bond donors (Lipinski definition) is 1. The monoisotopic (exact) mass is 325 g/mol. The van der Waals surface area contributed by atoms with E-state index in [0.717, 1.165) is 21.3 Å². The van der Waals surface area contributed by atoms with Gasteiger partial charge in [-0.1, -0.05) is 45.7 Å². The molecule has 94 valence electrons. The summed E-state index contributed by atoms with van der Waals surface area (Å²) in [6, 6.07) is 13.5. The van der Waals surface area contributed by atoms with E-state index < -0.39 is 0 Å². The highest BCUT2D eigenvalue weighted by atomic mass is 79.9. The van der Waals surface area contributed by atoms with Crippen LogP contribution in [0.1, 0.15) is 11.1 Å². The predicted octanol–water partition coefficient (Wildman–Crippen LogP) is 4.14. The molecule has 0 aromatic heterocycles. The minimum Gasteiger partial charge on any atom is -0.489 e. The van der Waals surface area contributed by atoms with Gasteiger partial charge in [-0.05, 0) is 29.8 Å². The molecule has 2 rings (SSSR count). The van der Waals surface area contributed by atoms with E-state index in [-0.39, 0.29) is 0 Å². The SMILES string of the molecule is NCc1ccc(Cl)cc1OCc1ccc(Br)cc1. The molecule has 0 aliphatic carbocycles. The van der Waals surface area contributed by atoms with Gasteiger partial charge >= 0.3 is 0 Å². The van der Waals surface area contributed by atoms with Crippen molar-refractivity contribution in [3.05, 3.63) is 63.1 Å². The highest BCUT2D eigenvalue weighted by molar-refractivity contribution is 9.10. The zero-order chi connectivity index (χ0) is 13.0. The second-order valence-electron chi connectivity index (χ2n) is 3.87. The quantitative estimate of drug-likeness (QED) is 0.916. The van der Waals surface area contributed by atoms with Crippen LogP contribution in [0.4, 0.5) is 0 Å². The van der Waals surface area contributed by atoms with E-state index in [0.29, 0.717) is 18.2 Å². The summed E-state index contributed by atoms with van der Waals surface area (Å²) >= 11 is 9.35. The maximum Gasteiger partial charge on any atom is 0.125 e. The van der Waals surface area contributed by atoms with E-state index in [4.69, 9.17) is 22.1 Å². The first-order valence-electron chi connectivity index (χ1n) is 5.55. The van der Waals surface area contributed by atoms with Crippen LogP contribution in [0.5, 0.6) is 5.75 Å². The first kappa shape index (κ1) is 13.4. The zero-order valence-corrected chi connectivity index (χ0v) is 12.0. The molecule has 0 atom stereocenters. The fourth-order valence-electron chi connectivity index (χ4n) is 1.57. The molecule has 0 amide bonds. The minimum atomic E-state index is 0.437. The Morgan fingerprint density at radius 2 is 1.83 bits per heavy atom. The Bertz CT molecular complexity index is 528. The standard InChI is InChI=1S/C14H13BrClNO/c15-12-4-1-10(2-5-12)9-18-14-7-13(16)6-3-11(14)8-17/h1-7H,8-9,17H2. The van der Waals surface area contributed by atoms with Crippen molar-refractivity contribution in [1.29, 1.82) is 0 Å². The number of ether oxygens (including phenoxy) is 1. The molecule has 2 aromatic rings. The van der Waals surface area contributed by atoms with Gasteiger partial charge in [0, 0.05) is 21.6 Å². The molecule has 2 nitrogen and oxygen atoms in total. The summed E-state index contributed by atoms with van der Waals surface area (Å²) < 4.78 is 6.81. The molecule has 0 aliphatic rings. The molecule has 0 heterocycles. The Labute approximate surface area is 120 Å². The average Bonchev–Trinajstić information content (AvgIpc) is 2.38. The molecule has 0 radical (unpaired) electrons. The van der Waals surface area contributed by atoms with Gasteiger partial charge in [-0.25, -0.2) is 0 Å². The molecule has 0 aliphatic heterocycles. The molecule has 0 spiro atoms. The smallest absolute Gasteiger partial charge is 0.125 e. The number of halogens is 2. The summed E-state index contributed by atoms with van der Waals surface area (Å²) in [5.41, 5.74) is 7.71. The van der Waals surface area contributed by atoms with Crippen molar-refractivity contribution in [2.45, 2.75) is 13.2 Å². The highest BCUT2D eigenvalue weighted by Crippen LogP contribution is 2.24. The lowest BCUT2D eigenvalue weighted by Crippen LogP contribution is -2.02. The van der Waals surface area contributed by atoms with Crippen molar-refractivity contribution in [2.75, 3.05) is 0 Å². The Balaban J connectivity index is 2.09. The third-order valence-corrected chi connectivity index (χ3v) is 3.32. The zero-order valence-electron chi connectivity index (χ0n) is 9.70. The first-order chi connectivity index (χ1) is 8.69. The molecule has 0 unspecified atom stereocenters. The second kappa shape index (κ2) is 6.23. The lowest BCUT2D eigenvalue weighted by atomic mass is 10.2. The number of nitrogens with two attached hydrogens (primary N) is 1. The minimum absolute atomic E-state index is 0.437. The summed E-state index contributed by atoms with van der Waals surface area (Å²) in [7, 11) is 0. The highest BCUT2D eigenvalue weighted by Gasteiger charge is 2.04. The third kappa shape index (κ3) is 3.48. The molecule has 0 bridgehead atoms. The van der Waals surface area contributed by atoms with Crippen LogP contribution in [0.15, 0.2) is 46.9 Å². The van der Waals surface area contributed by atoms with Gasteiger partial charge in [0.1, 0.15) is 12.4 Å². The van der Waals surface area contributed by atoms with Crippen LogP contribution in [0.2, 0.25) is 5.02 Å². The van der Waals surface area contributed by atoms with Crippen molar-refractivity contribution in [3.63, 3.8) is 0 Å². The van der Waals surface area contributed by atoms with Crippen molar-refractivity contribution < 1.29 is 4.74 Å². The van der Waals surface area contributed by atoms with Crippen LogP contribution in [0, 0.1) is 0 Å². The van der Waals surface area contributed by atoms with Gasteiger partial charge in [0.25, 0.3) is 0 Å². The van der Waals surface area contributed by atoms with Gasteiger partial charge in [0.15, 0.2) is 0 Å². The fourth-order valence-corrected chi connectivity index (χ4v) is 2.00. The van der Waals surface area contributed by atoms with Gasteiger partial charge in [0.2, 0.25) is 0 Å². The largest absolute Gasteiger partial charge is 0.489 e. The Morgan fingerprint density at radius 3 is 2.50 bits per heavy atom. The van der Waals surface area contributed by atoms with Gasteiger partial charge in [-0.15, -0.1) is 0 Å². The molecular formula is C14H13BrClNO. The molecule has 0 saturated carbocycles. The van der Waals surface area contributed by atoms with E-state index in [9.17, 15) is 0 Å². The second-order valence-corrected chi connectivity index (χ2v) is 5.22. The maximum atomic E-state index is 5.95. The van der Waals surface area contributed by atoms with Gasteiger partial charge < -0.3 is 10.5 Å². The molecule has 4 heteroatoms. The van der Waals surface area contributed by atoms with E-state index in [1.807, 2.05) is 36.4 Å². The van der Waals surface area contributed by atoms with Gasteiger partial charge in [0.05, 0.1) is 0 Å². The summed E-state index contributed by atoms with van der Waals surface area (Å²) in [4.78, 5) is 0. The molecule has 2 aromatic carbocycles. The van der Waals surface area contributed by atoms with E-state index in [2.05, 4.69) is 15.9 Å². The summed E-state index contributed by atoms with van der Waals surface area (Å²) in [6.45, 7) is 0.938. The summed E-state index contributed by atoms with van der Waals surface area (Å²) in [5, 5.41) is 0.651. The number of hydrogen-bond acceptors (Lipinski definition) is 2. The van der Waals surface area contributed by atoms with E-state index in [1.165, 1.54) is 0 Å². The van der Waals surface area contributed by atoms with Gasteiger partial charge in [-0.3, -0.25) is 0 Å².